The van der Waals surface area contributed by atoms with Gasteiger partial charge in [-0.1, -0.05) is 24.3 Å². The molecule has 0 amide bonds. The van der Waals surface area contributed by atoms with E-state index in [1.54, 1.807) is 0 Å². The fourth-order valence-corrected chi connectivity index (χ4v) is 2.08. The highest BCUT2D eigenvalue weighted by Gasteiger charge is 2.30. The molecule has 2 N–H and O–H groups in total. The van der Waals surface area contributed by atoms with E-state index in [0.29, 0.717) is 5.92 Å². The number of nitrogens with zero attached hydrogens (tertiary/aromatic N) is 1. The zero-order valence-electron chi connectivity index (χ0n) is 10.3. The van der Waals surface area contributed by atoms with Gasteiger partial charge in [0.05, 0.1) is 12.7 Å². The molecule has 1 aromatic carbocycles. The van der Waals surface area contributed by atoms with Gasteiger partial charge in [0.25, 0.3) is 0 Å². The number of aliphatic hydroxyl groups excluding tert-OH is 2. The maximum absolute atomic E-state index is 9.84. The minimum atomic E-state index is -0.170. The van der Waals surface area contributed by atoms with E-state index in [2.05, 4.69) is 4.90 Å². The molecule has 0 heterocycles. The van der Waals surface area contributed by atoms with Crippen molar-refractivity contribution >= 4 is 0 Å². The molecule has 3 heteroatoms. The van der Waals surface area contributed by atoms with Gasteiger partial charge in [-0.05, 0) is 36.9 Å². The van der Waals surface area contributed by atoms with Crippen molar-refractivity contribution in [3.05, 3.63) is 35.4 Å². The van der Waals surface area contributed by atoms with Crippen molar-refractivity contribution in [2.75, 3.05) is 13.6 Å². The van der Waals surface area contributed by atoms with Crippen LogP contribution in [0.25, 0.3) is 0 Å². The summed E-state index contributed by atoms with van der Waals surface area (Å²) in [6.45, 7) is 1.68. The van der Waals surface area contributed by atoms with Crippen LogP contribution in [0.4, 0.5) is 0 Å². The van der Waals surface area contributed by atoms with Crippen molar-refractivity contribution in [1.29, 1.82) is 0 Å². The minimum absolute atomic E-state index is 0.0938. The Kier molecular flexibility index (Phi) is 4.15. The molecule has 0 saturated heterocycles. The fraction of sp³-hybridized carbons (Fsp3) is 0.571. The zero-order valence-corrected chi connectivity index (χ0v) is 10.3. The third-order valence-corrected chi connectivity index (χ3v) is 3.32. The van der Waals surface area contributed by atoms with E-state index in [4.69, 9.17) is 5.11 Å². The molecule has 0 bridgehead atoms. The Bertz CT molecular complexity index is 346. The monoisotopic (exact) mass is 235 g/mol. The smallest absolute Gasteiger partial charge is 0.0695 e. The lowest BCUT2D eigenvalue weighted by Gasteiger charge is -2.20. The van der Waals surface area contributed by atoms with Crippen molar-refractivity contribution in [3.8, 4) is 0 Å². The molecule has 0 aliphatic heterocycles. The van der Waals surface area contributed by atoms with Crippen molar-refractivity contribution < 1.29 is 10.2 Å². The van der Waals surface area contributed by atoms with E-state index in [9.17, 15) is 5.11 Å². The average molecular weight is 235 g/mol. The second kappa shape index (κ2) is 5.63. The standard InChI is InChI=1S/C14H21NO2/c1-15(9-14(17)13-6-7-13)8-11-2-4-12(10-16)5-3-11/h2-5,13-14,16-17H,6-10H2,1H3. The Morgan fingerprint density at radius 3 is 2.35 bits per heavy atom. The lowest BCUT2D eigenvalue weighted by atomic mass is 10.1. The van der Waals surface area contributed by atoms with Gasteiger partial charge in [0.2, 0.25) is 0 Å². The van der Waals surface area contributed by atoms with E-state index in [1.807, 2.05) is 31.3 Å². The van der Waals surface area contributed by atoms with Crippen LogP contribution in [0.1, 0.15) is 24.0 Å². The van der Waals surface area contributed by atoms with Gasteiger partial charge in [-0.3, -0.25) is 4.90 Å². The first-order valence-electron chi connectivity index (χ1n) is 6.24. The van der Waals surface area contributed by atoms with Crippen LogP contribution in [-0.4, -0.2) is 34.8 Å². The molecule has 1 aliphatic rings. The summed E-state index contributed by atoms with van der Waals surface area (Å²) in [7, 11) is 2.03. The molecule has 94 valence electrons. The zero-order chi connectivity index (χ0) is 12.3. The Labute approximate surface area is 103 Å². The van der Waals surface area contributed by atoms with Crippen LogP contribution in [0.15, 0.2) is 24.3 Å². The summed E-state index contributed by atoms with van der Waals surface area (Å²) in [6.07, 6.45) is 2.19. The highest BCUT2D eigenvalue weighted by molar-refractivity contribution is 5.21. The highest BCUT2D eigenvalue weighted by atomic mass is 16.3. The summed E-state index contributed by atoms with van der Waals surface area (Å²) in [5.74, 6) is 0.536. The Hall–Kier alpha value is -0.900. The lowest BCUT2D eigenvalue weighted by molar-refractivity contribution is 0.104. The molecule has 1 saturated carbocycles. The van der Waals surface area contributed by atoms with Gasteiger partial charge >= 0.3 is 0 Å². The highest BCUT2D eigenvalue weighted by Crippen LogP contribution is 2.32. The molecule has 1 aliphatic carbocycles. The van der Waals surface area contributed by atoms with Crippen LogP contribution in [-0.2, 0) is 13.2 Å². The minimum Gasteiger partial charge on any atom is -0.392 e. The average Bonchev–Trinajstić information content (AvgIpc) is 3.13. The molecular formula is C14H21NO2. The number of rotatable bonds is 6. The summed E-state index contributed by atoms with van der Waals surface area (Å²) in [5.41, 5.74) is 2.15. The topological polar surface area (TPSA) is 43.7 Å². The summed E-state index contributed by atoms with van der Waals surface area (Å²) in [4.78, 5) is 2.15. The Balaban J connectivity index is 1.81. The van der Waals surface area contributed by atoms with Crippen LogP contribution >= 0.6 is 0 Å². The summed E-state index contributed by atoms with van der Waals surface area (Å²) >= 11 is 0. The van der Waals surface area contributed by atoms with Crippen molar-refractivity contribution in [1.82, 2.24) is 4.90 Å². The van der Waals surface area contributed by atoms with Gasteiger partial charge in [-0.15, -0.1) is 0 Å². The SMILES string of the molecule is CN(Cc1ccc(CO)cc1)CC(O)C1CC1. The number of aliphatic hydroxyl groups is 2. The number of likely N-dealkylation sites (N-methyl/N-ethyl adjacent to an activating group) is 1. The number of hydrogen-bond acceptors (Lipinski definition) is 3. The molecule has 1 aromatic rings. The summed E-state index contributed by atoms with van der Waals surface area (Å²) in [5, 5.41) is 18.8. The quantitative estimate of drug-likeness (QED) is 0.783. The largest absolute Gasteiger partial charge is 0.392 e. The summed E-state index contributed by atoms with van der Waals surface area (Å²) in [6, 6.07) is 7.96. The van der Waals surface area contributed by atoms with Crippen LogP contribution < -0.4 is 0 Å². The third-order valence-electron chi connectivity index (χ3n) is 3.32. The molecule has 0 aromatic heterocycles. The van der Waals surface area contributed by atoms with E-state index in [-0.39, 0.29) is 12.7 Å². The van der Waals surface area contributed by atoms with Gasteiger partial charge in [-0.2, -0.15) is 0 Å². The molecule has 1 atom stereocenters. The van der Waals surface area contributed by atoms with Gasteiger partial charge in [0.15, 0.2) is 0 Å². The van der Waals surface area contributed by atoms with Crippen molar-refractivity contribution in [2.24, 2.45) is 5.92 Å². The molecule has 17 heavy (non-hydrogen) atoms. The van der Waals surface area contributed by atoms with Crippen LogP contribution in [0, 0.1) is 5.92 Å². The maximum atomic E-state index is 9.84. The second-order valence-corrected chi connectivity index (χ2v) is 5.08. The molecule has 2 rings (SSSR count). The maximum Gasteiger partial charge on any atom is 0.0695 e. The third kappa shape index (κ3) is 3.80. The molecule has 1 fully saturated rings. The van der Waals surface area contributed by atoms with E-state index in [0.717, 1.165) is 18.7 Å². The van der Waals surface area contributed by atoms with Crippen molar-refractivity contribution in [2.45, 2.75) is 32.1 Å². The van der Waals surface area contributed by atoms with Gasteiger partial charge in [0.1, 0.15) is 0 Å². The van der Waals surface area contributed by atoms with Crippen LogP contribution in [0.2, 0.25) is 0 Å². The normalized spacial score (nSPS) is 17.4. The predicted octanol–water partition coefficient (Wildman–Crippen LogP) is 1.38. The van der Waals surface area contributed by atoms with E-state index in [1.165, 1.54) is 18.4 Å². The Morgan fingerprint density at radius 2 is 1.82 bits per heavy atom. The van der Waals surface area contributed by atoms with Gasteiger partial charge < -0.3 is 10.2 Å². The van der Waals surface area contributed by atoms with Gasteiger partial charge in [0, 0.05) is 13.1 Å². The molecule has 0 radical (unpaired) electrons. The van der Waals surface area contributed by atoms with Crippen molar-refractivity contribution in [3.63, 3.8) is 0 Å². The van der Waals surface area contributed by atoms with Crippen LogP contribution in [0.3, 0.4) is 0 Å². The molecule has 1 unspecified atom stereocenters. The van der Waals surface area contributed by atoms with E-state index < -0.39 is 0 Å². The number of hydrogen-bond donors (Lipinski definition) is 2. The molecule has 3 nitrogen and oxygen atoms in total. The van der Waals surface area contributed by atoms with Gasteiger partial charge in [-0.25, -0.2) is 0 Å². The first-order chi connectivity index (χ1) is 8.19. The summed E-state index contributed by atoms with van der Waals surface area (Å²) < 4.78 is 0. The second-order valence-electron chi connectivity index (χ2n) is 5.08. The van der Waals surface area contributed by atoms with Crippen LogP contribution in [0.5, 0.6) is 0 Å². The van der Waals surface area contributed by atoms with E-state index >= 15 is 0 Å². The lowest BCUT2D eigenvalue weighted by Crippen LogP contribution is -2.30. The molecule has 0 spiro atoms. The fourth-order valence-electron chi connectivity index (χ4n) is 2.08. The molecular weight excluding hydrogens is 214 g/mol. The first kappa shape index (κ1) is 12.6. The first-order valence-corrected chi connectivity index (χ1v) is 6.24. The number of benzene rings is 1. The predicted molar refractivity (Wildman–Crippen MR) is 67.4 cm³/mol. The Morgan fingerprint density at radius 1 is 1.24 bits per heavy atom.